The molecule has 0 unspecified atom stereocenters. The summed E-state index contributed by atoms with van der Waals surface area (Å²) in [5.74, 6) is 2.51. The van der Waals surface area contributed by atoms with Crippen LogP contribution in [0.15, 0.2) is 67.0 Å². The summed E-state index contributed by atoms with van der Waals surface area (Å²) in [4.78, 5) is 20.3. The quantitative estimate of drug-likeness (QED) is 0.438. The Morgan fingerprint density at radius 3 is 2.47 bits per heavy atom. The van der Waals surface area contributed by atoms with Crippen molar-refractivity contribution in [3.8, 4) is 11.5 Å². The Kier molecular flexibility index (Phi) is 8.61. The van der Waals surface area contributed by atoms with Gasteiger partial charge < -0.3 is 24.0 Å². The third kappa shape index (κ3) is 7.32. The average molecular weight is 493 g/mol. The normalized spacial score (nSPS) is 18.6. The SMILES string of the molecule is CC(=O)N1CCN(Cc2ccc(OCCCn3ccnc3C)cc2)C[C@@](O)(COc2ccccc2)C1. The number of aromatic nitrogens is 2. The fraction of sp³-hybridized carbons (Fsp3) is 0.429. The van der Waals surface area contributed by atoms with E-state index in [1.54, 1.807) is 11.8 Å². The van der Waals surface area contributed by atoms with Gasteiger partial charge in [0.15, 0.2) is 0 Å². The highest BCUT2D eigenvalue weighted by molar-refractivity contribution is 5.73. The first-order valence-electron chi connectivity index (χ1n) is 12.5. The lowest BCUT2D eigenvalue weighted by Gasteiger charge is -2.32. The van der Waals surface area contributed by atoms with Crippen LogP contribution in [0.1, 0.15) is 24.7 Å². The van der Waals surface area contributed by atoms with Crippen LogP contribution < -0.4 is 9.47 Å². The van der Waals surface area contributed by atoms with Gasteiger partial charge in [0.1, 0.15) is 29.5 Å². The maximum Gasteiger partial charge on any atom is 0.219 e. The molecule has 1 atom stereocenters. The molecule has 1 aliphatic heterocycles. The average Bonchev–Trinajstić information content (AvgIpc) is 3.20. The van der Waals surface area contributed by atoms with Gasteiger partial charge in [0.2, 0.25) is 5.91 Å². The minimum Gasteiger partial charge on any atom is -0.494 e. The van der Waals surface area contributed by atoms with Gasteiger partial charge in [-0.25, -0.2) is 4.98 Å². The van der Waals surface area contributed by atoms with Crippen LogP contribution in [0, 0.1) is 6.92 Å². The van der Waals surface area contributed by atoms with Crippen molar-refractivity contribution < 1.29 is 19.4 Å². The molecule has 0 spiro atoms. The van der Waals surface area contributed by atoms with Gasteiger partial charge in [-0.2, -0.15) is 0 Å². The van der Waals surface area contributed by atoms with Crippen molar-refractivity contribution in [2.24, 2.45) is 0 Å². The zero-order chi connectivity index (χ0) is 25.4. The second-order valence-electron chi connectivity index (χ2n) is 9.49. The monoisotopic (exact) mass is 492 g/mol. The summed E-state index contributed by atoms with van der Waals surface area (Å²) >= 11 is 0. The topological polar surface area (TPSA) is 80.1 Å². The number of carbonyl (C=O) groups is 1. The van der Waals surface area contributed by atoms with E-state index in [9.17, 15) is 9.90 Å². The van der Waals surface area contributed by atoms with Crippen LogP contribution >= 0.6 is 0 Å². The van der Waals surface area contributed by atoms with Crippen LogP contribution in [0.4, 0.5) is 0 Å². The Labute approximate surface area is 213 Å². The molecule has 2 heterocycles. The zero-order valence-corrected chi connectivity index (χ0v) is 21.2. The molecule has 4 rings (SSSR count). The number of hydrogen-bond acceptors (Lipinski definition) is 6. The number of β-amino-alcohol motifs (C(OH)–C–C–N with tert-alkyl or cyclic N) is 1. The number of aliphatic hydroxyl groups is 1. The van der Waals surface area contributed by atoms with E-state index in [4.69, 9.17) is 9.47 Å². The number of benzene rings is 2. The standard InChI is InChI=1S/C28H36N4O4/c1-23-29-13-15-31(23)14-6-18-35-27-11-9-25(10-12-27)19-30-16-17-32(24(2)33)21-28(34,20-30)22-36-26-7-4-3-5-8-26/h3-5,7-13,15,34H,6,14,16-22H2,1-2H3/t28-/m0/s1. The summed E-state index contributed by atoms with van der Waals surface area (Å²) in [6, 6.07) is 17.5. The molecule has 0 radical (unpaired) electrons. The summed E-state index contributed by atoms with van der Waals surface area (Å²) < 4.78 is 13.9. The van der Waals surface area contributed by atoms with Gasteiger partial charge in [0, 0.05) is 52.0 Å². The highest BCUT2D eigenvalue weighted by Crippen LogP contribution is 2.21. The van der Waals surface area contributed by atoms with Crippen molar-refractivity contribution in [1.82, 2.24) is 19.4 Å². The fourth-order valence-corrected chi connectivity index (χ4v) is 4.49. The van der Waals surface area contributed by atoms with Crippen molar-refractivity contribution in [1.29, 1.82) is 0 Å². The molecule has 0 saturated carbocycles. The zero-order valence-electron chi connectivity index (χ0n) is 21.2. The van der Waals surface area contributed by atoms with Gasteiger partial charge in [0.05, 0.1) is 13.2 Å². The molecular weight excluding hydrogens is 456 g/mol. The van der Waals surface area contributed by atoms with Crippen LogP contribution in [0.5, 0.6) is 11.5 Å². The predicted octanol–water partition coefficient (Wildman–Crippen LogP) is 3.13. The molecule has 1 saturated heterocycles. The van der Waals surface area contributed by atoms with Gasteiger partial charge >= 0.3 is 0 Å². The molecule has 1 aliphatic rings. The third-order valence-electron chi connectivity index (χ3n) is 6.45. The van der Waals surface area contributed by atoms with Crippen LogP contribution in [-0.2, 0) is 17.9 Å². The first kappa shape index (κ1) is 25.7. The maximum absolute atomic E-state index is 12.1. The molecule has 1 N–H and O–H groups in total. The van der Waals surface area contributed by atoms with Gasteiger partial charge in [-0.15, -0.1) is 0 Å². The highest BCUT2D eigenvalue weighted by atomic mass is 16.5. The van der Waals surface area contributed by atoms with Crippen molar-refractivity contribution in [2.45, 2.75) is 39.0 Å². The first-order chi connectivity index (χ1) is 17.4. The van der Waals surface area contributed by atoms with Crippen molar-refractivity contribution >= 4 is 5.91 Å². The number of imidazole rings is 1. The van der Waals surface area contributed by atoms with E-state index in [-0.39, 0.29) is 19.1 Å². The largest absolute Gasteiger partial charge is 0.494 e. The molecule has 0 aliphatic carbocycles. The van der Waals surface area contributed by atoms with Crippen LogP contribution in [-0.4, -0.2) is 75.4 Å². The second kappa shape index (κ2) is 12.1. The van der Waals surface area contributed by atoms with E-state index in [1.165, 1.54) is 0 Å². The minimum atomic E-state index is -1.17. The molecule has 1 aromatic heterocycles. The van der Waals surface area contributed by atoms with Crippen LogP contribution in [0.2, 0.25) is 0 Å². The summed E-state index contributed by atoms with van der Waals surface area (Å²) in [7, 11) is 0. The van der Waals surface area contributed by atoms with Gasteiger partial charge in [-0.3, -0.25) is 9.69 Å². The first-order valence-corrected chi connectivity index (χ1v) is 12.5. The lowest BCUT2D eigenvalue weighted by atomic mass is 10.0. The molecule has 0 bridgehead atoms. The summed E-state index contributed by atoms with van der Waals surface area (Å²) in [6.45, 7) is 7.75. The lowest BCUT2D eigenvalue weighted by molar-refractivity contribution is -0.132. The molecule has 3 aromatic rings. The van der Waals surface area contributed by atoms with E-state index < -0.39 is 5.60 Å². The summed E-state index contributed by atoms with van der Waals surface area (Å²) in [5, 5.41) is 11.4. The summed E-state index contributed by atoms with van der Waals surface area (Å²) in [6.07, 6.45) is 4.70. The third-order valence-corrected chi connectivity index (χ3v) is 6.45. The molecule has 8 heteroatoms. The summed E-state index contributed by atoms with van der Waals surface area (Å²) in [5.41, 5.74) is -0.0479. The molecular formula is C28H36N4O4. The number of nitrogens with zero attached hydrogens (tertiary/aromatic N) is 4. The molecule has 1 amide bonds. The Balaban J connectivity index is 1.31. The van der Waals surface area contributed by atoms with Gasteiger partial charge in [0.25, 0.3) is 0 Å². The van der Waals surface area contributed by atoms with Gasteiger partial charge in [-0.05, 0) is 43.2 Å². The van der Waals surface area contributed by atoms with E-state index >= 15 is 0 Å². The number of carbonyl (C=O) groups excluding carboxylic acids is 1. The Morgan fingerprint density at radius 1 is 1.03 bits per heavy atom. The number of amides is 1. The van der Waals surface area contributed by atoms with E-state index in [0.29, 0.717) is 38.5 Å². The van der Waals surface area contributed by atoms with Crippen molar-refractivity contribution in [3.63, 3.8) is 0 Å². The van der Waals surface area contributed by atoms with E-state index in [1.807, 2.05) is 61.8 Å². The number of hydrogen-bond donors (Lipinski definition) is 1. The van der Waals surface area contributed by atoms with Crippen molar-refractivity contribution in [2.75, 3.05) is 39.4 Å². The van der Waals surface area contributed by atoms with E-state index in [0.717, 1.165) is 30.1 Å². The maximum atomic E-state index is 12.1. The van der Waals surface area contributed by atoms with E-state index in [2.05, 4.69) is 26.6 Å². The number of aryl methyl sites for hydroxylation is 2. The molecule has 192 valence electrons. The predicted molar refractivity (Wildman–Crippen MR) is 138 cm³/mol. The van der Waals surface area contributed by atoms with Crippen LogP contribution in [0.25, 0.3) is 0 Å². The lowest BCUT2D eigenvalue weighted by Crippen LogP contribution is -2.51. The smallest absolute Gasteiger partial charge is 0.219 e. The highest BCUT2D eigenvalue weighted by Gasteiger charge is 2.36. The Morgan fingerprint density at radius 2 is 1.78 bits per heavy atom. The van der Waals surface area contributed by atoms with Gasteiger partial charge in [-0.1, -0.05) is 30.3 Å². The molecule has 2 aromatic carbocycles. The number of ether oxygens (including phenoxy) is 2. The van der Waals surface area contributed by atoms with Crippen molar-refractivity contribution in [3.05, 3.63) is 78.4 Å². The Bertz CT molecular complexity index is 1100. The van der Waals surface area contributed by atoms with Crippen LogP contribution in [0.3, 0.4) is 0 Å². The number of para-hydroxylation sites is 1. The fourth-order valence-electron chi connectivity index (χ4n) is 4.49. The minimum absolute atomic E-state index is 0.0420. The molecule has 36 heavy (non-hydrogen) atoms. The molecule has 8 nitrogen and oxygen atoms in total. The second-order valence-corrected chi connectivity index (χ2v) is 9.49. The Hall–Kier alpha value is -3.36. The molecule has 1 fully saturated rings. The number of rotatable bonds is 10.